The number of rotatable bonds is 4. The molecule has 0 saturated heterocycles. The third kappa shape index (κ3) is 2.92. The number of hydrogen-bond acceptors (Lipinski definition) is 4. The van der Waals surface area contributed by atoms with Crippen molar-refractivity contribution in [3.8, 4) is 5.88 Å². The molecule has 0 bridgehead atoms. The SMILES string of the molecule is CCc1c(NC)ncnc1OC1CCC(C)CC1. The first-order valence-electron chi connectivity index (χ1n) is 6.92. The predicted octanol–water partition coefficient (Wildman–Crippen LogP) is 3.04. The molecular weight excluding hydrogens is 226 g/mol. The quantitative estimate of drug-likeness (QED) is 0.891. The molecule has 1 aliphatic rings. The average Bonchev–Trinajstić information content (AvgIpc) is 2.41. The van der Waals surface area contributed by atoms with Crippen LogP contribution in [0.4, 0.5) is 5.82 Å². The van der Waals surface area contributed by atoms with Gasteiger partial charge in [-0.1, -0.05) is 13.8 Å². The van der Waals surface area contributed by atoms with Crippen LogP contribution in [0.15, 0.2) is 6.33 Å². The summed E-state index contributed by atoms with van der Waals surface area (Å²) in [4.78, 5) is 8.53. The van der Waals surface area contributed by atoms with E-state index < -0.39 is 0 Å². The number of ether oxygens (including phenoxy) is 1. The lowest BCUT2D eigenvalue weighted by atomic mass is 9.89. The Kier molecular flexibility index (Phi) is 4.39. The van der Waals surface area contributed by atoms with Gasteiger partial charge < -0.3 is 10.1 Å². The Balaban J connectivity index is 2.09. The summed E-state index contributed by atoms with van der Waals surface area (Å²) in [5, 5.41) is 3.10. The summed E-state index contributed by atoms with van der Waals surface area (Å²) >= 11 is 0. The zero-order chi connectivity index (χ0) is 13.0. The van der Waals surface area contributed by atoms with E-state index in [2.05, 4.69) is 29.1 Å². The fourth-order valence-electron chi connectivity index (χ4n) is 2.54. The van der Waals surface area contributed by atoms with Crippen molar-refractivity contribution in [1.29, 1.82) is 0 Å². The van der Waals surface area contributed by atoms with Gasteiger partial charge in [0, 0.05) is 7.05 Å². The van der Waals surface area contributed by atoms with E-state index in [9.17, 15) is 0 Å². The largest absolute Gasteiger partial charge is 0.474 e. The third-order valence-electron chi connectivity index (χ3n) is 3.74. The Morgan fingerprint density at radius 3 is 2.61 bits per heavy atom. The first kappa shape index (κ1) is 13.1. The molecule has 1 saturated carbocycles. The average molecular weight is 249 g/mol. The summed E-state index contributed by atoms with van der Waals surface area (Å²) in [6.45, 7) is 4.42. The molecule has 0 aromatic carbocycles. The van der Waals surface area contributed by atoms with E-state index in [0.29, 0.717) is 6.10 Å². The minimum atomic E-state index is 0.325. The predicted molar refractivity (Wildman–Crippen MR) is 73.0 cm³/mol. The molecule has 1 fully saturated rings. The van der Waals surface area contributed by atoms with E-state index >= 15 is 0 Å². The summed E-state index contributed by atoms with van der Waals surface area (Å²) in [7, 11) is 1.88. The highest BCUT2D eigenvalue weighted by molar-refractivity contribution is 5.48. The fraction of sp³-hybridized carbons (Fsp3) is 0.714. The van der Waals surface area contributed by atoms with Crippen molar-refractivity contribution in [2.45, 2.75) is 52.1 Å². The Labute approximate surface area is 109 Å². The fourth-order valence-corrected chi connectivity index (χ4v) is 2.54. The maximum Gasteiger partial charge on any atom is 0.222 e. The van der Waals surface area contributed by atoms with Crippen molar-refractivity contribution in [1.82, 2.24) is 9.97 Å². The highest BCUT2D eigenvalue weighted by Crippen LogP contribution is 2.29. The van der Waals surface area contributed by atoms with Crippen LogP contribution < -0.4 is 10.1 Å². The van der Waals surface area contributed by atoms with Gasteiger partial charge in [-0.3, -0.25) is 0 Å². The molecule has 100 valence electrons. The standard InChI is InChI=1S/C14H23N3O/c1-4-12-13(15-3)16-9-17-14(12)18-11-7-5-10(2)6-8-11/h9-11H,4-8H2,1-3H3,(H,15,16,17). The van der Waals surface area contributed by atoms with Gasteiger partial charge in [0.25, 0.3) is 0 Å². The van der Waals surface area contributed by atoms with Crippen molar-refractivity contribution in [3.63, 3.8) is 0 Å². The maximum atomic E-state index is 6.08. The first-order valence-corrected chi connectivity index (χ1v) is 6.92. The van der Waals surface area contributed by atoms with Gasteiger partial charge in [-0.05, 0) is 38.0 Å². The van der Waals surface area contributed by atoms with Crippen molar-refractivity contribution in [3.05, 3.63) is 11.9 Å². The Morgan fingerprint density at radius 1 is 1.28 bits per heavy atom. The molecule has 1 N–H and O–H groups in total. The Bertz CT molecular complexity index is 387. The van der Waals surface area contributed by atoms with E-state index in [1.54, 1.807) is 6.33 Å². The minimum Gasteiger partial charge on any atom is -0.474 e. The lowest BCUT2D eigenvalue weighted by Crippen LogP contribution is -2.24. The normalized spacial score (nSPS) is 23.7. The molecule has 4 heteroatoms. The van der Waals surface area contributed by atoms with Gasteiger partial charge in [-0.15, -0.1) is 0 Å². The number of nitrogens with one attached hydrogen (secondary N) is 1. The van der Waals surface area contributed by atoms with Crippen LogP contribution in [0, 0.1) is 5.92 Å². The number of anilines is 1. The second kappa shape index (κ2) is 6.03. The number of aromatic nitrogens is 2. The van der Waals surface area contributed by atoms with Crippen LogP contribution >= 0.6 is 0 Å². The van der Waals surface area contributed by atoms with E-state index in [0.717, 1.165) is 42.4 Å². The van der Waals surface area contributed by atoms with E-state index in [1.165, 1.54) is 12.8 Å². The van der Waals surface area contributed by atoms with Crippen LogP contribution in [-0.2, 0) is 6.42 Å². The lowest BCUT2D eigenvalue weighted by Gasteiger charge is -2.27. The molecule has 0 spiro atoms. The van der Waals surface area contributed by atoms with Gasteiger partial charge in [0.1, 0.15) is 18.2 Å². The zero-order valence-electron chi connectivity index (χ0n) is 11.6. The summed E-state index contributed by atoms with van der Waals surface area (Å²) in [5.74, 6) is 2.48. The molecule has 0 radical (unpaired) electrons. The second-order valence-corrected chi connectivity index (χ2v) is 5.11. The molecule has 0 atom stereocenters. The minimum absolute atomic E-state index is 0.325. The molecule has 0 aliphatic heterocycles. The highest BCUT2D eigenvalue weighted by atomic mass is 16.5. The van der Waals surface area contributed by atoms with Crippen LogP contribution in [0.2, 0.25) is 0 Å². The summed E-state index contributed by atoms with van der Waals surface area (Å²) in [6.07, 6.45) is 7.59. The zero-order valence-corrected chi connectivity index (χ0v) is 11.6. The molecule has 1 aromatic heterocycles. The Morgan fingerprint density at radius 2 is 2.00 bits per heavy atom. The smallest absolute Gasteiger partial charge is 0.222 e. The van der Waals surface area contributed by atoms with Gasteiger partial charge in [0.15, 0.2) is 0 Å². The molecule has 1 aliphatic carbocycles. The van der Waals surface area contributed by atoms with Gasteiger partial charge in [0.2, 0.25) is 5.88 Å². The van der Waals surface area contributed by atoms with Crippen molar-refractivity contribution in [2.24, 2.45) is 5.92 Å². The van der Waals surface area contributed by atoms with Gasteiger partial charge in [-0.25, -0.2) is 9.97 Å². The van der Waals surface area contributed by atoms with Crippen molar-refractivity contribution in [2.75, 3.05) is 12.4 Å². The van der Waals surface area contributed by atoms with E-state index in [4.69, 9.17) is 4.74 Å². The van der Waals surface area contributed by atoms with Crippen molar-refractivity contribution < 1.29 is 4.74 Å². The van der Waals surface area contributed by atoms with Crippen LogP contribution in [0.5, 0.6) is 5.88 Å². The van der Waals surface area contributed by atoms with Crippen LogP contribution in [-0.4, -0.2) is 23.1 Å². The Hall–Kier alpha value is -1.32. The van der Waals surface area contributed by atoms with E-state index in [1.807, 2.05) is 7.05 Å². The maximum absolute atomic E-state index is 6.08. The molecule has 4 nitrogen and oxygen atoms in total. The molecule has 18 heavy (non-hydrogen) atoms. The van der Waals surface area contributed by atoms with Gasteiger partial charge in [-0.2, -0.15) is 0 Å². The summed E-state index contributed by atoms with van der Waals surface area (Å²) in [6, 6.07) is 0. The van der Waals surface area contributed by atoms with Crippen LogP contribution in [0.1, 0.15) is 45.1 Å². The molecular formula is C14H23N3O. The topological polar surface area (TPSA) is 47.0 Å². The monoisotopic (exact) mass is 249 g/mol. The second-order valence-electron chi connectivity index (χ2n) is 5.11. The number of hydrogen-bond donors (Lipinski definition) is 1. The number of nitrogens with zero attached hydrogens (tertiary/aromatic N) is 2. The van der Waals surface area contributed by atoms with Gasteiger partial charge >= 0.3 is 0 Å². The first-order chi connectivity index (χ1) is 8.74. The lowest BCUT2D eigenvalue weighted by molar-refractivity contribution is 0.129. The molecule has 0 unspecified atom stereocenters. The van der Waals surface area contributed by atoms with Crippen molar-refractivity contribution >= 4 is 5.82 Å². The van der Waals surface area contributed by atoms with E-state index in [-0.39, 0.29) is 0 Å². The summed E-state index contributed by atoms with van der Waals surface area (Å²) < 4.78 is 6.08. The highest BCUT2D eigenvalue weighted by Gasteiger charge is 2.21. The molecule has 1 heterocycles. The molecule has 0 amide bonds. The molecule has 1 aromatic rings. The summed E-state index contributed by atoms with van der Waals surface area (Å²) in [5.41, 5.74) is 1.08. The molecule has 2 rings (SSSR count). The van der Waals surface area contributed by atoms with Crippen LogP contribution in [0.25, 0.3) is 0 Å². The van der Waals surface area contributed by atoms with Crippen LogP contribution in [0.3, 0.4) is 0 Å². The third-order valence-corrected chi connectivity index (χ3v) is 3.74. The van der Waals surface area contributed by atoms with Gasteiger partial charge in [0.05, 0.1) is 5.56 Å².